The predicted octanol–water partition coefficient (Wildman–Crippen LogP) is 0.855. The van der Waals surface area contributed by atoms with Crippen LogP contribution in [0.25, 0.3) is 0 Å². The summed E-state index contributed by atoms with van der Waals surface area (Å²) in [5, 5.41) is 11.1. The van der Waals surface area contributed by atoms with Gasteiger partial charge in [0.15, 0.2) is 5.16 Å². The van der Waals surface area contributed by atoms with Gasteiger partial charge in [0.2, 0.25) is 5.91 Å². The smallest absolute Gasteiger partial charge is 0.344 e. The molecule has 10 heteroatoms. The molecule has 0 radical (unpaired) electrons. The van der Waals surface area contributed by atoms with Crippen LogP contribution < -0.4 is 16.3 Å². The van der Waals surface area contributed by atoms with E-state index in [1.54, 1.807) is 6.92 Å². The van der Waals surface area contributed by atoms with E-state index in [0.717, 1.165) is 24.6 Å². The molecule has 3 N–H and O–H groups in total. The van der Waals surface area contributed by atoms with Crippen molar-refractivity contribution in [2.75, 3.05) is 6.61 Å². The second-order valence-electron chi connectivity index (χ2n) is 7.01. The van der Waals surface area contributed by atoms with Gasteiger partial charge in [0, 0.05) is 12.1 Å². The fourth-order valence-electron chi connectivity index (χ4n) is 2.34. The van der Waals surface area contributed by atoms with Crippen LogP contribution in [0.5, 0.6) is 0 Å². The normalized spacial score (nSPS) is 18.8. The fourth-order valence-corrected chi connectivity index (χ4v) is 3.21. The van der Waals surface area contributed by atoms with Crippen LogP contribution in [0.15, 0.2) is 9.95 Å². The predicted molar refractivity (Wildman–Crippen MR) is 93.6 cm³/mol. The van der Waals surface area contributed by atoms with Crippen molar-refractivity contribution in [3.63, 3.8) is 0 Å². The highest BCUT2D eigenvalue weighted by Gasteiger charge is 2.24. The largest absolute Gasteiger partial charge is 0.376 e. The number of nitrogens with one attached hydrogen (secondary N) is 3. The van der Waals surface area contributed by atoms with E-state index >= 15 is 0 Å². The number of H-pyrrole nitrogens is 1. The average molecular weight is 371 g/mol. The molecule has 140 valence electrons. The van der Waals surface area contributed by atoms with Crippen molar-refractivity contribution >= 4 is 23.7 Å². The molecule has 0 aromatic carbocycles. The van der Waals surface area contributed by atoms with E-state index in [-0.39, 0.29) is 11.8 Å². The third-order valence-electron chi connectivity index (χ3n) is 3.51. The highest BCUT2D eigenvalue weighted by Crippen LogP contribution is 2.22. The molecule has 1 aliphatic heterocycles. The first-order chi connectivity index (χ1) is 11.7. The molecule has 0 bridgehead atoms. The van der Waals surface area contributed by atoms with E-state index in [1.807, 2.05) is 20.8 Å². The van der Waals surface area contributed by atoms with Gasteiger partial charge in [-0.05, 0) is 40.5 Å². The van der Waals surface area contributed by atoms with Gasteiger partial charge in [0.1, 0.15) is 0 Å². The summed E-state index contributed by atoms with van der Waals surface area (Å²) < 4.78 is 7.02. The molecule has 0 unspecified atom stereocenters. The molecule has 3 amide bonds. The molecule has 2 rings (SSSR count). The Bertz CT molecular complexity index is 672. The Hall–Kier alpha value is -1.81. The summed E-state index contributed by atoms with van der Waals surface area (Å²) in [6.07, 6.45) is 1.85. The Balaban J connectivity index is 1.95. The van der Waals surface area contributed by atoms with Crippen LogP contribution in [-0.4, -0.2) is 50.2 Å². The monoisotopic (exact) mass is 371 g/mol. The Labute approximate surface area is 150 Å². The molecule has 0 aliphatic carbocycles. The Morgan fingerprint density at radius 1 is 1.48 bits per heavy atom. The van der Waals surface area contributed by atoms with Crippen molar-refractivity contribution < 1.29 is 14.3 Å². The zero-order valence-corrected chi connectivity index (χ0v) is 15.7. The maximum absolute atomic E-state index is 12.2. The summed E-state index contributed by atoms with van der Waals surface area (Å²) in [4.78, 5) is 35.9. The van der Waals surface area contributed by atoms with Crippen molar-refractivity contribution in [3.05, 3.63) is 10.5 Å². The van der Waals surface area contributed by atoms with Crippen LogP contribution in [0.3, 0.4) is 0 Å². The maximum Gasteiger partial charge on any atom is 0.344 e. The number of urea groups is 1. The summed E-state index contributed by atoms with van der Waals surface area (Å²) in [5.41, 5.74) is -0.777. The number of amides is 3. The summed E-state index contributed by atoms with van der Waals surface area (Å²) in [5.74, 6) is -0.453. The number of rotatable bonds is 5. The van der Waals surface area contributed by atoms with E-state index in [2.05, 4.69) is 20.8 Å². The second-order valence-corrected chi connectivity index (χ2v) is 8.32. The van der Waals surface area contributed by atoms with E-state index in [0.29, 0.717) is 18.3 Å². The highest BCUT2D eigenvalue weighted by atomic mass is 32.2. The molecule has 0 saturated carbocycles. The molecule has 2 heterocycles. The van der Waals surface area contributed by atoms with Gasteiger partial charge in [0.05, 0.1) is 17.9 Å². The number of aromatic amines is 1. The van der Waals surface area contributed by atoms with Gasteiger partial charge >= 0.3 is 11.7 Å². The maximum atomic E-state index is 12.2. The number of nitrogens with zero attached hydrogens (tertiary/aromatic N) is 2. The number of ether oxygens (including phenoxy) is 1. The molecule has 1 aromatic rings. The minimum atomic E-state index is -0.593. The van der Waals surface area contributed by atoms with Gasteiger partial charge in [-0.25, -0.2) is 14.7 Å². The lowest BCUT2D eigenvalue weighted by atomic mass is 10.1. The number of hydrogen-bond donors (Lipinski definition) is 3. The third kappa shape index (κ3) is 5.89. The standard InChI is InChI=1S/C15H25N5O4S/c1-9(11(21)16-12(22)17-15(2,3)4)25-14-19-18-13(23)20(14)8-10-6-5-7-24-10/h9-10H,5-8H2,1-4H3,(H,18,23)(H2,16,17,21,22)/t9-,10-/m1/s1. The summed E-state index contributed by atoms with van der Waals surface area (Å²) in [7, 11) is 0. The van der Waals surface area contributed by atoms with E-state index in [9.17, 15) is 14.4 Å². The third-order valence-corrected chi connectivity index (χ3v) is 4.60. The van der Waals surface area contributed by atoms with Gasteiger partial charge in [-0.2, -0.15) is 0 Å². The summed E-state index contributed by atoms with van der Waals surface area (Å²) in [6, 6.07) is -0.552. The lowest BCUT2D eigenvalue weighted by Crippen LogP contribution is -2.49. The molecule has 1 aromatic heterocycles. The van der Waals surface area contributed by atoms with Crippen LogP contribution in [0.4, 0.5) is 4.79 Å². The fraction of sp³-hybridized carbons (Fsp3) is 0.733. The molecular weight excluding hydrogens is 346 g/mol. The van der Waals surface area contributed by atoms with Crippen LogP contribution >= 0.6 is 11.8 Å². The quantitative estimate of drug-likeness (QED) is 0.661. The van der Waals surface area contributed by atoms with Crippen LogP contribution in [0.2, 0.25) is 0 Å². The van der Waals surface area contributed by atoms with Gasteiger partial charge in [-0.15, -0.1) is 5.10 Å². The number of hydrogen-bond acceptors (Lipinski definition) is 6. The Morgan fingerprint density at radius 3 is 2.80 bits per heavy atom. The molecule has 1 fully saturated rings. The molecule has 9 nitrogen and oxygen atoms in total. The topological polar surface area (TPSA) is 118 Å². The summed E-state index contributed by atoms with van der Waals surface area (Å²) in [6.45, 7) is 8.21. The molecule has 1 saturated heterocycles. The molecule has 1 aliphatic rings. The van der Waals surface area contributed by atoms with E-state index in [4.69, 9.17) is 4.74 Å². The minimum Gasteiger partial charge on any atom is -0.376 e. The van der Waals surface area contributed by atoms with E-state index in [1.165, 1.54) is 4.57 Å². The van der Waals surface area contributed by atoms with Gasteiger partial charge < -0.3 is 10.1 Å². The minimum absolute atomic E-state index is 0.0173. The van der Waals surface area contributed by atoms with E-state index < -0.39 is 22.7 Å². The molecular formula is C15H25N5O4S. The summed E-state index contributed by atoms with van der Waals surface area (Å²) >= 11 is 1.12. The first-order valence-electron chi connectivity index (χ1n) is 8.22. The Morgan fingerprint density at radius 2 is 2.20 bits per heavy atom. The zero-order chi connectivity index (χ0) is 18.6. The number of aromatic nitrogens is 3. The SMILES string of the molecule is C[C@@H](Sc1n[nH]c(=O)n1C[C@H]1CCCO1)C(=O)NC(=O)NC(C)(C)C. The van der Waals surface area contributed by atoms with Crippen molar-refractivity contribution in [1.29, 1.82) is 0 Å². The molecule has 0 spiro atoms. The number of carbonyl (C=O) groups excluding carboxylic acids is 2. The number of thioether (sulfide) groups is 1. The van der Waals surface area contributed by atoms with Crippen molar-refractivity contribution in [1.82, 2.24) is 25.4 Å². The average Bonchev–Trinajstić information content (AvgIpc) is 3.10. The Kier molecular flexibility index (Phi) is 6.28. The van der Waals surface area contributed by atoms with Crippen LogP contribution in [0.1, 0.15) is 40.5 Å². The van der Waals surface area contributed by atoms with Gasteiger partial charge in [-0.1, -0.05) is 11.8 Å². The van der Waals surface area contributed by atoms with Gasteiger partial charge in [0.25, 0.3) is 0 Å². The first-order valence-corrected chi connectivity index (χ1v) is 9.10. The number of imide groups is 1. The van der Waals surface area contributed by atoms with Crippen LogP contribution in [0, 0.1) is 0 Å². The van der Waals surface area contributed by atoms with Crippen molar-refractivity contribution in [2.45, 2.75) is 69.1 Å². The molecule has 2 atom stereocenters. The highest BCUT2D eigenvalue weighted by molar-refractivity contribution is 8.00. The lowest BCUT2D eigenvalue weighted by molar-refractivity contribution is -0.119. The molecule has 25 heavy (non-hydrogen) atoms. The van der Waals surface area contributed by atoms with Crippen molar-refractivity contribution in [2.24, 2.45) is 0 Å². The zero-order valence-electron chi connectivity index (χ0n) is 14.9. The number of carbonyl (C=O) groups is 2. The van der Waals surface area contributed by atoms with Gasteiger partial charge in [-0.3, -0.25) is 14.7 Å². The van der Waals surface area contributed by atoms with Crippen LogP contribution in [-0.2, 0) is 16.1 Å². The second kappa shape index (κ2) is 8.05. The van der Waals surface area contributed by atoms with Crippen molar-refractivity contribution in [3.8, 4) is 0 Å². The first kappa shape index (κ1) is 19.5. The lowest BCUT2D eigenvalue weighted by Gasteiger charge is -2.21.